The number of aliphatic hydroxyl groups is 1. The average molecular weight is 316 g/mol. The van der Waals surface area contributed by atoms with Crippen LogP contribution >= 0.6 is 0 Å². The molecule has 0 fully saturated rings. The number of hydrogen-bond donors (Lipinski definition) is 1. The van der Waals surface area contributed by atoms with E-state index < -0.39 is 23.5 Å². The van der Waals surface area contributed by atoms with Gasteiger partial charge in [0.1, 0.15) is 18.0 Å². The molecular weight excluding hydrogens is 300 g/mol. The Hall–Kier alpha value is -3.01. The van der Waals surface area contributed by atoms with Gasteiger partial charge >= 0.3 is 0 Å². The molecule has 7 nitrogen and oxygen atoms in total. The summed E-state index contributed by atoms with van der Waals surface area (Å²) >= 11 is 0. The first-order valence-corrected chi connectivity index (χ1v) is 6.80. The molecule has 2 rings (SSSR count). The molecule has 0 radical (unpaired) electrons. The van der Waals surface area contributed by atoms with Crippen LogP contribution in [0.2, 0.25) is 0 Å². The fourth-order valence-corrected chi connectivity index (χ4v) is 2.62. The van der Waals surface area contributed by atoms with Gasteiger partial charge in [0.2, 0.25) is 0 Å². The van der Waals surface area contributed by atoms with E-state index in [1.54, 1.807) is 18.2 Å². The lowest BCUT2D eigenvalue weighted by atomic mass is 9.95. The smallest absolute Gasteiger partial charge is 0.290 e. The van der Waals surface area contributed by atoms with Crippen molar-refractivity contribution in [2.75, 3.05) is 20.8 Å². The highest BCUT2D eigenvalue weighted by molar-refractivity contribution is 6.08. The molecule has 0 bridgehead atoms. The number of aliphatic hydroxyl groups excluding tert-OH is 1. The Morgan fingerprint density at radius 2 is 2.09 bits per heavy atom. The molecule has 1 atom stereocenters. The standard InChI is InChI=1S/C16H16N2O5/c1-9(19)13-14(18(7-6-17)16(21)15(13)20)11-5-4-10(22-2)8-12(11)23-3/h4-5,8,14,20H,7H2,1-3H3. The molecule has 0 spiro atoms. The van der Waals surface area contributed by atoms with Crippen molar-refractivity contribution in [1.82, 2.24) is 4.90 Å². The topological polar surface area (TPSA) is 99.9 Å². The molecule has 0 aromatic heterocycles. The van der Waals surface area contributed by atoms with Crippen molar-refractivity contribution < 1.29 is 24.2 Å². The van der Waals surface area contributed by atoms with E-state index in [0.29, 0.717) is 17.1 Å². The zero-order chi connectivity index (χ0) is 17.1. The van der Waals surface area contributed by atoms with Gasteiger partial charge in [-0.3, -0.25) is 9.59 Å². The number of carbonyl (C=O) groups is 2. The Labute approximate surface area is 133 Å². The lowest BCUT2D eigenvalue weighted by molar-refractivity contribution is -0.128. The number of methoxy groups -OCH3 is 2. The van der Waals surface area contributed by atoms with Crippen molar-refractivity contribution in [2.24, 2.45) is 0 Å². The molecule has 0 aliphatic carbocycles. The van der Waals surface area contributed by atoms with Crippen LogP contribution in [0.4, 0.5) is 0 Å². The molecule has 1 aromatic carbocycles. The van der Waals surface area contributed by atoms with E-state index in [1.165, 1.54) is 21.1 Å². The summed E-state index contributed by atoms with van der Waals surface area (Å²) in [5, 5.41) is 19.0. The van der Waals surface area contributed by atoms with Gasteiger partial charge in [-0.05, 0) is 19.1 Å². The van der Waals surface area contributed by atoms with Crippen LogP contribution in [0.25, 0.3) is 0 Å². The quantitative estimate of drug-likeness (QED) is 0.827. The summed E-state index contributed by atoms with van der Waals surface area (Å²) in [6.45, 7) is 0.997. The molecule has 1 heterocycles. The highest BCUT2D eigenvalue weighted by Gasteiger charge is 2.43. The number of Topliss-reactive ketones (excluding diaryl/α,β-unsaturated/α-hetero) is 1. The summed E-state index contributed by atoms with van der Waals surface area (Å²) in [7, 11) is 2.95. The van der Waals surface area contributed by atoms with Gasteiger partial charge in [0.05, 0.1) is 31.9 Å². The summed E-state index contributed by atoms with van der Waals surface area (Å²) in [6.07, 6.45) is 0. The number of rotatable bonds is 5. The van der Waals surface area contributed by atoms with Crippen LogP contribution in [0.15, 0.2) is 29.5 Å². The van der Waals surface area contributed by atoms with Crippen molar-refractivity contribution in [2.45, 2.75) is 13.0 Å². The van der Waals surface area contributed by atoms with Gasteiger partial charge in [0, 0.05) is 11.6 Å². The van der Waals surface area contributed by atoms with E-state index in [9.17, 15) is 14.7 Å². The Morgan fingerprint density at radius 3 is 2.61 bits per heavy atom. The molecule has 23 heavy (non-hydrogen) atoms. The number of ether oxygens (including phenoxy) is 2. The minimum absolute atomic E-state index is 0.0475. The molecule has 7 heteroatoms. The normalized spacial score (nSPS) is 17.2. The van der Waals surface area contributed by atoms with Crippen LogP contribution in [0.5, 0.6) is 11.5 Å². The van der Waals surface area contributed by atoms with Crippen LogP contribution < -0.4 is 9.47 Å². The van der Waals surface area contributed by atoms with Crippen molar-refractivity contribution in [1.29, 1.82) is 5.26 Å². The first kappa shape index (κ1) is 16.4. The number of amides is 1. The lowest BCUT2D eigenvalue weighted by Crippen LogP contribution is -2.31. The molecule has 1 aromatic rings. The highest BCUT2D eigenvalue weighted by atomic mass is 16.5. The van der Waals surface area contributed by atoms with Gasteiger partial charge in [0.15, 0.2) is 11.5 Å². The van der Waals surface area contributed by atoms with Crippen LogP contribution in [-0.2, 0) is 9.59 Å². The molecule has 1 unspecified atom stereocenters. The zero-order valence-electron chi connectivity index (χ0n) is 13.0. The Bertz CT molecular complexity index is 732. The van der Waals surface area contributed by atoms with Crippen molar-refractivity contribution >= 4 is 11.7 Å². The maximum absolute atomic E-state index is 12.2. The largest absolute Gasteiger partial charge is 0.503 e. The third kappa shape index (κ3) is 2.71. The second kappa shape index (κ2) is 6.40. The number of nitriles is 1. The first-order chi connectivity index (χ1) is 11.0. The predicted molar refractivity (Wildman–Crippen MR) is 79.9 cm³/mol. The predicted octanol–water partition coefficient (Wildman–Crippen LogP) is 1.51. The summed E-state index contributed by atoms with van der Waals surface area (Å²) in [5.74, 6) is -0.896. The SMILES string of the molecule is COc1ccc(C2C(C(C)=O)=C(O)C(=O)N2CC#N)c(OC)c1. The van der Waals surface area contributed by atoms with E-state index in [1.807, 2.05) is 6.07 Å². The Balaban J connectivity index is 2.64. The van der Waals surface area contributed by atoms with Crippen LogP contribution in [0, 0.1) is 11.3 Å². The molecule has 120 valence electrons. The van der Waals surface area contributed by atoms with Gasteiger partial charge in [-0.25, -0.2) is 0 Å². The lowest BCUT2D eigenvalue weighted by Gasteiger charge is -2.25. The molecule has 0 saturated carbocycles. The molecule has 0 saturated heterocycles. The number of nitrogens with zero attached hydrogens (tertiary/aromatic N) is 2. The molecule has 1 N–H and O–H groups in total. The van der Waals surface area contributed by atoms with Gasteiger partial charge < -0.3 is 19.5 Å². The highest BCUT2D eigenvalue weighted by Crippen LogP contribution is 2.42. The van der Waals surface area contributed by atoms with Crippen LogP contribution in [0.3, 0.4) is 0 Å². The van der Waals surface area contributed by atoms with Gasteiger partial charge in [0.25, 0.3) is 5.91 Å². The maximum atomic E-state index is 12.2. The summed E-state index contributed by atoms with van der Waals surface area (Å²) in [5.41, 5.74) is 0.444. The van der Waals surface area contributed by atoms with Gasteiger partial charge in [-0.15, -0.1) is 0 Å². The Morgan fingerprint density at radius 1 is 1.39 bits per heavy atom. The second-order valence-electron chi connectivity index (χ2n) is 4.92. The number of ketones is 1. The fraction of sp³-hybridized carbons (Fsp3) is 0.312. The van der Waals surface area contributed by atoms with E-state index >= 15 is 0 Å². The minimum Gasteiger partial charge on any atom is -0.503 e. The van der Waals surface area contributed by atoms with E-state index in [2.05, 4.69) is 0 Å². The third-order valence-corrected chi connectivity index (χ3v) is 3.66. The number of hydrogen-bond acceptors (Lipinski definition) is 6. The fourth-order valence-electron chi connectivity index (χ4n) is 2.62. The monoisotopic (exact) mass is 316 g/mol. The average Bonchev–Trinajstić information content (AvgIpc) is 2.79. The minimum atomic E-state index is -0.875. The maximum Gasteiger partial charge on any atom is 0.290 e. The van der Waals surface area contributed by atoms with E-state index in [4.69, 9.17) is 14.7 Å². The molecule has 1 aliphatic rings. The van der Waals surface area contributed by atoms with Crippen LogP contribution in [0.1, 0.15) is 18.5 Å². The van der Waals surface area contributed by atoms with Gasteiger partial charge in [-0.2, -0.15) is 5.26 Å². The van der Waals surface area contributed by atoms with E-state index in [0.717, 1.165) is 4.90 Å². The van der Waals surface area contributed by atoms with Crippen molar-refractivity contribution in [3.8, 4) is 17.6 Å². The van der Waals surface area contributed by atoms with Gasteiger partial charge in [-0.1, -0.05) is 0 Å². The third-order valence-electron chi connectivity index (χ3n) is 3.66. The second-order valence-corrected chi connectivity index (χ2v) is 4.92. The number of benzene rings is 1. The molecular formula is C16H16N2O5. The first-order valence-electron chi connectivity index (χ1n) is 6.80. The number of carbonyl (C=O) groups excluding carboxylic acids is 2. The summed E-state index contributed by atoms with van der Waals surface area (Å²) in [4.78, 5) is 25.2. The summed E-state index contributed by atoms with van der Waals surface area (Å²) < 4.78 is 10.4. The summed E-state index contributed by atoms with van der Waals surface area (Å²) in [6, 6.07) is 5.90. The molecule has 1 aliphatic heterocycles. The van der Waals surface area contributed by atoms with Crippen LogP contribution in [-0.4, -0.2) is 42.5 Å². The van der Waals surface area contributed by atoms with E-state index in [-0.39, 0.29) is 12.1 Å². The zero-order valence-corrected chi connectivity index (χ0v) is 13.0. The van der Waals surface area contributed by atoms with Crippen molar-refractivity contribution in [3.63, 3.8) is 0 Å². The Kier molecular flexibility index (Phi) is 4.55. The van der Waals surface area contributed by atoms with Crippen molar-refractivity contribution in [3.05, 3.63) is 35.1 Å². The molecule has 1 amide bonds.